The molecule has 0 spiro atoms. The summed E-state index contributed by atoms with van der Waals surface area (Å²) in [6.45, 7) is 0.575. The summed E-state index contributed by atoms with van der Waals surface area (Å²) < 4.78 is 18.1. The SMILES string of the molecule is NC(=O)c1cncc(NCCCc2nc(-c3ccc(F)cc3)no2)n1. The number of nitrogens with two attached hydrogens (primary N) is 1. The highest BCUT2D eigenvalue weighted by atomic mass is 19.1. The largest absolute Gasteiger partial charge is 0.369 e. The standard InChI is InChI=1S/C16H15FN6O2/c17-11-5-3-10(4-6-11)16-22-14(25-23-16)2-1-7-20-13-9-19-8-12(21-13)15(18)24/h3-6,8-9H,1-2,7H2,(H2,18,24)(H,20,21). The van der Waals surface area contributed by atoms with Gasteiger partial charge in [0.05, 0.1) is 12.4 Å². The number of aromatic nitrogens is 4. The van der Waals surface area contributed by atoms with Crippen LogP contribution in [0.5, 0.6) is 0 Å². The summed E-state index contributed by atoms with van der Waals surface area (Å²) in [7, 11) is 0. The summed E-state index contributed by atoms with van der Waals surface area (Å²) >= 11 is 0. The second kappa shape index (κ2) is 7.47. The van der Waals surface area contributed by atoms with Crippen LogP contribution in [0, 0.1) is 5.82 Å². The third kappa shape index (κ3) is 4.34. The van der Waals surface area contributed by atoms with E-state index in [9.17, 15) is 9.18 Å². The minimum absolute atomic E-state index is 0.103. The van der Waals surface area contributed by atoms with E-state index in [1.54, 1.807) is 12.1 Å². The van der Waals surface area contributed by atoms with Crippen molar-refractivity contribution in [3.63, 3.8) is 0 Å². The van der Waals surface area contributed by atoms with Crippen LogP contribution in [0.25, 0.3) is 11.4 Å². The molecule has 0 bridgehead atoms. The molecule has 0 atom stereocenters. The van der Waals surface area contributed by atoms with E-state index >= 15 is 0 Å². The summed E-state index contributed by atoms with van der Waals surface area (Å²) in [5, 5.41) is 6.92. The van der Waals surface area contributed by atoms with Crippen molar-refractivity contribution >= 4 is 11.7 Å². The Hall–Kier alpha value is -3.36. The molecule has 0 fully saturated rings. The summed E-state index contributed by atoms with van der Waals surface area (Å²) in [6, 6.07) is 5.87. The van der Waals surface area contributed by atoms with E-state index in [0.29, 0.717) is 42.5 Å². The third-order valence-corrected chi connectivity index (χ3v) is 3.33. The normalized spacial score (nSPS) is 10.6. The molecule has 2 heterocycles. The number of rotatable bonds is 7. The molecule has 0 unspecified atom stereocenters. The van der Waals surface area contributed by atoms with Crippen molar-refractivity contribution in [2.24, 2.45) is 5.73 Å². The van der Waals surface area contributed by atoms with Crippen molar-refractivity contribution in [2.75, 3.05) is 11.9 Å². The Morgan fingerprint density at radius 3 is 2.76 bits per heavy atom. The molecule has 0 saturated carbocycles. The molecule has 0 saturated heterocycles. The van der Waals surface area contributed by atoms with Gasteiger partial charge >= 0.3 is 0 Å². The first-order valence-electron chi connectivity index (χ1n) is 7.56. The first-order valence-corrected chi connectivity index (χ1v) is 7.56. The van der Waals surface area contributed by atoms with E-state index in [1.807, 2.05) is 0 Å². The number of primary amides is 1. The Morgan fingerprint density at radius 1 is 1.20 bits per heavy atom. The molecule has 1 amide bonds. The van der Waals surface area contributed by atoms with E-state index < -0.39 is 5.91 Å². The maximum atomic E-state index is 12.9. The van der Waals surface area contributed by atoms with Crippen molar-refractivity contribution in [1.29, 1.82) is 0 Å². The van der Waals surface area contributed by atoms with Gasteiger partial charge in [0.15, 0.2) is 0 Å². The first-order chi connectivity index (χ1) is 12.1. The summed E-state index contributed by atoms with van der Waals surface area (Å²) in [6.07, 6.45) is 4.08. The monoisotopic (exact) mass is 342 g/mol. The molecule has 1 aromatic carbocycles. The second-order valence-corrected chi connectivity index (χ2v) is 5.20. The van der Waals surface area contributed by atoms with Crippen molar-refractivity contribution < 1.29 is 13.7 Å². The third-order valence-electron chi connectivity index (χ3n) is 3.33. The first kappa shape index (κ1) is 16.5. The van der Waals surface area contributed by atoms with Crippen LogP contribution in [0.3, 0.4) is 0 Å². The molecule has 0 aliphatic carbocycles. The Kier molecular flexibility index (Phi) is 4.93. The van der Waals surface area contributed by atoms with Gasteiger partial charge in [-0.1, -0.05) is 5.16 Å². The van der Waals surface area contributed by atoms with Crippen LogP contribution in [0.15, 0.2) is 41.2 Å². The predicted molar refractivity (Wildman–Crippen MR) is 87.1 cm³/mol. The maximum Gasteiger partial charge on any atom is 0.268 e. The molecular formula is C16H15FN6O2. The average Bonchev–Trinajstić information content (AvgIpc) is 3.08. The molecule has 2 aromatic heterocycles. The van der Waals surface area contributed by atoms with E-state index in [2.05, 4.69) is 25.4 Å². The predicted octanol–water partition coefficient (Wildman–Crippen LogP) is 1.81. The van der Waals surface area contributed by atoms with E-state index in [1.165, 1.54) is 24.5 Å². The number of halogens is 1. The highest BCUT2D eigenvalue weighted by Gasteiger charge is 2.09. The van der Waals surface area contributed by atoms with Crippen LogP contribution in [-0.4, -0.2) is 32.6 Å². The summed E-state index contributed by atoms with van der Waals surface area (Å²) in [4.78, 5) is 23.3. The maximum absolute atomic E-state index is 12.9. The number of hydrogen-bond acceptors (Lipinski definition) is 7. The number of aryl methyl sites for hydroxylation is 1. The van der Waals surface area contributed by atoms with Gasteiger partial charge in [0, 0.05) is 18.5 Å². The van der Waals surface area contributed by atoms with Gasteiger partial charge in [0.2, 0.25) is 11.7 Å². The quantitative estimate of drug-likeness (QED) is 0.628. The van der Waals surface area contributed by atoms with Crippen LogP contribution < -0.4 is 11.1 Å². The van der Waals surface area contributed by atoms with E-state index in [0.717, 1.165) is 0 Å². The Balaban J connectivity index is 1.50. The zero-order chi connectivity index (χ0) is 17.6. The van der Waals surface area contributed by atoms with Gasteiger partial charge in [-0.2, -0.15) is 4.98 Å². The molecule has 0 aliphatic rings. The van der Waals surface area contributed by atoms with Gasteiger partial charge in [-0.05, 0) is 30.7 Å². The Morgan fingerprint density at radius 2 is 2.00 bits per heavy atom. The van der Waals surface area contributed by atoms with Crippen LogP contribution in [0.1, 0.15) is 22.8 Å². The van der Waals surface area contributed by atoms with Gasteiger partial charge in [0.1, 0.15) is 17.3 Å². The van der Waals surface area contributed by atoms with Crippen LogP contribution in [0.4, 0.5) is 10.2 Å². The van der Waals surface area contributed by atoms with Crippen molar-refractivity contribution in [1.82, 2.24) is 20.1 Å². The summed E-state index contributed by atoms with van der Waals surface area (Å²) in [5.41, 5.74) is 5.95. The topological polar surface area (TPSA) is 120 Å². The van der Waals surface area contributed by atoms with Gasteiger partial charge in [-0.15, -0.1) is 0 Å². The zero-order valence-corrected chi connectivity index (χ0v) is 13.1. The number of amides is 1. The fraction of sp³-hybridized carbons (Fsp3) is 0.188. The molecule has 3 N–H and O–H groups in total. The molecule has 0 radical (unpaired) electrons. The van der Waals surface area contributed by atoms with Crippen LogP contribution in [-0.2, 0) is 6.42 Å². The molecular weight excluding hydrogens is 327 g/mol. The van der Waals surface area contributed by atoms with Gasteiger partial charge in [0.25, 0.3) is 5.91 Å². The molecule has 9 heteroatoms. The number of hydrogen-bond donors (Lipinski definition) is 2. The van der Waals surface area contributed by atoms with E-state index in [-0.39, 0.29) is 11.5 Å². The Bertz CT molecular complexity index is 865. The number of carbonyl (C=O) groups excluding carboxylic acids is 1. The zero-order valence-electron chi connectivity index (χ0n) is 13.1. The lowest BCUT2D eigenvalue weighted by atomic mass is 10.2. The molecule has 128 valence electrons. The number of nitrogens with one attached hydrogen (secondary N) is 1. The number of anilines is 1. The number of benzene rings is 1. The van der Waals surface area contributed by atoms with Crippen LogP contribution >= 0.6 is 0 Å². The smallest absolute Gasteiger partial charge is 0.268 e. The average molecular weight is 342 g/mol. The highest BCUT2D eigenvalue weighted by Crippen LogP contribution is 2.16. The van der Waals surface area contributed by atoms with Gasteiger partial charge < -0.3 is 15.6 Å². The second-order valence-electron chi connectivity index (χ2n) is 5.20. The number of nitrogens with zero attached hydrogens (tertiary/aromatic N) is 4. The van der Waals surface area contributed by atoms with Crippen LogP contribution in [0.2, 0.25) is 0 Å². The molecule has 3 aromatic rings. The Labute approximate surface area is 142 Å². The van der Waals surface area contributed by atoms with Gasteiger partial charge in [-0.3, -0.25) is 9.78 Å². The summed E-state index contributed by atoms with van der Waals surface area (Å²) in [5.74, 6) is 0.423. The molecule has 3 rings (SSSR count). The minimum Gasteiger partial charge on any atom is -0.369 e. The van der Waals surface area contributed by atoms with E-state index in [4.69, 9.17) is 10.3 Å². The van der Waals surface area contributed by atoms with Gasteiger partial charge in [-0.25, -0.2) is 9.37 Å². The molecule has 8 nitrogen and oxygen atoms in total. The lowest BCUT2D eigenvalue weighted by Gasteiger charge is -2.04. The molecule has 25 heavy (non-hydrogen) atoms. The minimum atomic E-state index is -0.629. The van der Waals surface area contributed by atoms with Crippen molar-refractivity contribution in [3.05, 3.63) is 54.1 Å². The lowest BCUT2D eigenvalue weighted by Crippen LogP contribution is -2.15. The fourth-order valence-electron chi connectivity index (χ4n) is 2.10. The molecule has 0 aliphatic heterocycles. The van der Waals surface area contributed by atoms with Crippen molar-refractivity contribution in [2.45, 2.75) is 12.8 Å². The lowest BCUT2D eigenvalue weighted by molar-refractivity contribution is 0.0995. The fourth-order valence-corrected chi connectivity index (χ4v) is 2.10. The number of carbonyl (C=O) groups is 1. The van der Waals surface area contributed by atoms with Crippen molar-refractivity contribution in [3.8, 4) is 11.4 Å². The highest BCUT2D eigenvalue weighted by molar-refractivity contribution is 5.90.